The van der Waals surface area contributed by atoms with E-state index in [1.165, 1.54) is 0 Å². The fraction of sp³-hybridized carbons (Fsp3) is 0.800. The van der Waals surface area contributed by atoms with E-state index in [2.05, 4.69) is 0 Å². The zero-order valence-corrected chi connectivity index (χ0v) is 9.11. The van der Waals surface area contributed by atoms with Crippen molar-refractivity contribution in [2.24, 2.45) is 0 Å². The van der Waals surface area contributed by atoms with E-state index >= 15 is 0 Å². The molecule has 1 aliphatic rings. The van der Waals surface area contributed by atoms with Gasteiger partial charge in [-0.3, -0.25) is 9.59 Å². The number of amides is 2. The monoisotopic (exact) mass is 214 g/mol. The van der Waals surface area contributed by atoms with E-state index in [9.17, 15) is 9.59 Å². The molecule has 0 unspecified atom stereocenters. The van der Waals surface area contributed by atoms with E-state index in [-0.39, 0.29) is 31.5 Å². The third-order valence-electron chi connectivity index (χ3n) is 2.58. The van der Waals surface area contributed by atoms with Crippen LogP contribution in [0.25, 0.3) is 0 Å². The molecule has 0 aromatic heterocycles. The van der Waals surface area contributed by atoms with E-state index in [4.69, 9.17) is 5.11 Å². The standard InChI is InChI=1S/C10H18N2O3/c1-2-11-7-10(15)12(8-9(11)14)5-3-4-6-13/h13H,2-8H2,1H3. The second kappa shape index (κ2) is 5.70. The van der Waals surface area contributed by atoms with Crippen molar-refractivity contribution in [2.75, 3.05) is 32.8 Å². The molecule has 1 aliphatic heterocycles. The Labute approximate surface area is 89.7 Å². The molecule has 5 nitrogen and oxygen atoms in total. The number of piperazine rings is 1. The molecule has 0 bridgehead atoms. The lowest BCUT2D eigenvalue weighted by Gasteiger charge is -2.33. The maximum atomic E-state index is 11.6. The maximum Gasteiger partial charge on any atom is 0.242 e. The Kier molecular flexibility index (Phi) is 4.55. The number of hydrogen-bond donors (Lipinski definition) is 1. The Morgan fingerprint density at radius 2 is 1.73 bits per heavy atom. The van der Waals surface area contributed by atoms with E-state index in [1.807, 2.05) is 6.92 Å². The molecule has 0 atom stereocenters. The number of rotatable bonds is 5. The summed E-state index contributed by atoms with van der Waals surface area (Å²) in [6.45, 7) is 3.56. The zero-order valence-electron chi connectivity index (χ0n) is 9.11. The SMILES string of the molecule is CCN1CC(=O)N(CCCCO)CC1=O. The Morgan fingerprint density at radius 3 is 2.33 bits per heavy atom. The van der Waals surface area contributed by atoms with Crippen LogP contribution in [0, 0.1) is 0 Å². The van der Waals surface area contributed by atoms with Crippen molar-refractivity contribution >= 4 is 11.8 Å². The van der Waals surface area contributed by atoms with E-state index in [1.54, 1.807) is 9.80 Å². The van der Waals surface area contributed by atoms with Crippen LogP contribution in [0.3, 0.4) is 0 Å². The van der Waals surface area contributed by atoms with Crippen LogP contribution in [0.1, 0.15) is 19.8 Å². The van der Waals surface area contributed by atoms with Gasteiger partial charge >= 0.3 is 0 Å². The van der Waals surface area contributed by atoms with Gasteiger partial charge in [0.2, 0.25) is 11.8 Å². The van der Waals surface area contributed by atoms with Crippen molar-refractivity contribution < 1.29 is 14.7 Å². The minimum absolute atomic E-state index is 0.00869. The highest BCUT2D eigenvalue weighted by Gasteiger charge is 2.27. The van der Waals surface area contributed by atoms with Gasteiger partial charge in [0.05, 0.1) is 13.1 Å². The minimum Gasteiger partial charge on any atom is -0.396 e. The average Bonchev–Trinajstić information content (AvgIpc) is 2.23. The van der Waals surface area contributed by atoms with Gasteiger partial charge in [0.1, 0.15) is 0 Å². The van der Waals surface area contributed by atoms with Gasteiger partial charge in [0.15, 0.2) is 0 Å². The fourth-order valence-electron chi connectivity index (χ4n) is 1.61. The lowest BCUT2D eigenvalue weighted by atomic mass is 10.2. The smallest absolute Gasteiger partial charge is 0.242 e. The van der Waals surface area contributed by atoms with Gasteiger partial charge in [-0.25, -0.2) is 0 Å². The highest BCUT2D eigenvalue weighted by Crippen LogP contribution is 2.05. The summed E-state index contributed by atoms with van der Waals surface area (Å²) >= 11 is 0. The Balaban J connectivity index is 2.41. The molecule has 1 N–H and O–H groups in total. The predicted octanol–water partition coefficient (Wildman–Crippen LogP) is -0.550. The number of unbranched alkanes of at least 4 members (excludes halogenated alkanes) is 1. The second-order valence-electron chi connectivity index (χ2n) is 3.65. The molecular weight excluding hydrogens is 196 g/mol. The third kappa shape index (κ3) is 3.20. The summed E-state index contributed by atoms with van der Waals surface area (Å²) in [6.07, 6.45) is 1.43. The van der Waals surface area contributed by atoms with Crippen LogP contribution in [0.4, 0.5) is 0 Å². The van der Waals surface area contributed by atoms with Crippen molar-refractivity contribution in [2.45, 2.75) is 19.8 Å². The number of carbonyl (C=O) groups excluding carboxylic acids is 2. The normalized spacial score (nSPS) is 17.5. The molecule has 0 spiro atoms. The third-order valence-corrected chi connectivity index (χ3v) is 2.58. The van der Waals surface area contributed by atoms with E-state index < -0.39 is 0 Å². The summed E-state index contributed by atoms with van der Waals surface area (Å²) in [6, 6.07) is 0. The summed E-state index contributed by atoms with van der Waals surface area (Å²) in [5, 5.41) is 8.62. The van der Waals surface area contributed by atoms with Gasteiger partial charge in [-0.2, -0.15) is 0 Å². The minimum atomic E-state index is 0.00869. The number of likely N-dealkylation sites (N-methyl/N-ethyl adjacent to an activating group) is 1. The molecule has 5 heteroatoms. The summed E-state index contributed by atoms with van der Waals surface area (Å²) < 4.78 is 0. The summed E-state index contributed by atoms with van der Waals surface area (Å²) in [5.41, 5.74) is 0. The molecule has 1 rings (SSSR count). The summed E-state index contributed by atoms with van der Waals surface area (Å²) in [5.74, 6) is 0.0236. The second-order valence-corrected chi connectivity index (χ2v) is 3.65. The van der Waals surface area contributed by atoms with Gasteiger partial charge in [-0.1, -0.05) is 0 Å². The van der Waals surface area contributed by atoms with Crippen molar-refractivity contribution in [3.63, 3.8) is 0 Å². The zero-order chi connectivity index (χ0) is 11.3. The van der Waals surface area contributed by atoms with Crippen molar-refractivity contribution in [3.8, 4) is 0 Å². The predicted molar refractivity (Wildman–Crippen MR) is 55.2 cm³/mol. The molecule has 1 heterocycles. The number of hydrogen-bond acceptors (Lipinski definition) is 3. The van der Waals surface area contributed by atoms with E-state index in [0.717, 1.165) is 6.42 Å². The first kappa shape index (κ1) is 12.0. The highest BCUT2D eigenvalue weighted by atomic mass is 16.3. The van der Waals surface area contributed by atoms with Gasteiger partial charge < -0.3 is 14.9 Å². The van der Waals surface area contributed by atoms with E-state index in [0.29, 0.717) is 19.5 Å². The Bertz CT molecular complexity index is 243. The van der Waals surface area contributed by atoms with Crippen LogP contribution in [-0.2, 0) is 9.59 Å². The lowest BCUT2D eigenvalue weighted by molar-refractivity contribution is -0.149. The number of aliphatic hydroxyl groups is 1. The molecule has 2 amide bonds. The first-order valence-corrected chi connectivity index (χ1v) is 5.35. The first-order chi connectivity index (χ1) is 7.19. The number of carbonyl (C=O) groups is 2. The molecule has 0 aromatic carbocycles. The van der Waals surface area contributed by atoms with Crippen molar-refractivity contribution in [3.05, 3.63) is 0 Å². The van der Waals surface area contributed by atoms with Crippen LogP contribution in [-0.4, -0.2) is 59.5 Å². The number of nitrogens with zero attached hydrogens (tertiary/aromatic N) is 2. The van der Waals surface area contributed by atoms with Crippen LogP contribution in [0.5, 0.6) is 0 Å². The van der Waals surface area contributed by atoms with Gasteiger partial charge in [0.25, 0.3) is 0 Å². The largest absolute Gasteiger partial charge is 0.396 e. The number of aliphatic hydroxyl groups excluding tert-OH is 1. The van der Waals surface area contributed by atoms with Crippen LogP contribution in [0.2, 0.25) is 0 Å². The first-order valence-electron chi connectivity index (χ1n) is 5.35. The summed E-state index contributed by atoms with van der Waals surface area (Å²) in [4.78, 5) is 26.2. The van der Waals surface area contributed by atoms with Crippen LogP contribution in [0.15, 0.2) is 0 Å². The average molecular weight is 214 g/mol. The molecule has 86 valence electrons. The topological polar surface area (TPSA) is 60.9 Å². The lowest BCUT2D eigenvalue weighted by Crippen LogP contribution is -2.53. The molecule has 1 fully saturated rings. The van der Waals surface area contributed by atoms with Gasteiger partial charge in [0, 0.05) is 19.7 Å². The van der Waals surface area contributed by atoms with Crippen molar-refractivity contribution in [1.29, 1.82) is 0 Å². The van der Waals surface area contributed by atoms with Crippen LogP contribution < -0.4 is 0 Å². The van der Waals surface area contributed by atoms with Crippen LogP contribution >= 0.6 is 0 Å². The molecule has 0 aliphatic carbocycles. The molecule has 0 saturated carbocycles. The Morgan fingerprint density at radius 1 is 1.13 bits per heavy atom. The van der Waals surface area contributed by atoms with Gasteiger partial charge in [-0.05, 0) is 19.8 Å². The highest BCUT2D eigenvalue weighted by molar-refractivity contribution is 5.92. The molecule has 15 heavy (non-hydrogen) atoms. The fourth-order valence-corrected chi connectivity index (χ4v) is 1.61. The molecule has 0 radical (unpaired) electrons. The molecule has 0 aromatic rings. The van der Waals surface area contributed by atoms with Gasteiger partial charge in [-0.15, -0.1) is 0 Å². The Hall–Kier alpha value is -1.10. The quantitative estimate of drug-likeness (QED) is 0.625. The molecular formula is C10H18N2O3. The maximum absolute atomic E-state index is 11.6. The summed E-state index contributed by atoms with van der Waals surface area (Å²) in [7, 11) is 0. The van der Waals surface area contributed by atoms with Crippen molar-refractivity contribution in [1.82, 2.24) is 9.80 Å². The molecule has 1 saturated heterocycles.